The molecule has 0 radical (unpaired) electrons. The van der Waals surface area contributed by atoms with E-state index in [1.807, 2.05) is 6.07 Å². The second kappa shape index (κ2) is 9.13. The summed E-state index contributed by atoms with van der Waals surface area (Å²) in [5.41, 5.74) is 1.31. The molecule has 1 atom stereocenters. The molecule has 2 saturated heterocycles. The Morgan fingerprint density at radius 3 is 2.24 bits per heavy atom. The van der Waals surface area contributed by atoms with Gasteiger partial charge in [0.2, 0.25) is 0 Å². The Kier molecular flexibility index (Phi) is 6.37. The highest BCUT2D eigenvalue weighted by atomic mass is 32.2. The Labute approximate surface area is 197 Å². The van der Waals surface area contributed by atoms with Crippen molar-refractivity contribution < 1.29 is 16.8 Å². The number of benzene rings is 2. The minimum Gasteiger partial charge on any atom is -0.300 e. The van der Waals surface area contributed by atoms with E-state index in [1.54, 1.807) is 42.5 Å². The topological polar surface area (TPSA) is 74.8 Å². The minimum atomic E-state index is -3.81. The summed E-state index contributed by atoms with van der Waals surface area (Å²) in [6, 6.07) is 14.1. The highest BCUT2D eigenvalue weighted by Crippen LogP contribution is 2.43. The van der Waals surface area contributed by atoms with Gasteiger partial charge in [0.1, 0.15) is 5.25 Å². The van der Waals surface area contributed by atoms with Gasteiger partial charge in [0.25, 0.3) is 0 Å². The molecule has 0 amide bonds. The molecule has 0 bridgehead atoms. The van der Waals surface area contributed by atoms with Crippen molar-refractivity contribution in [3.05, 3.63) is 59.7 Å². The Morgan fingerprint density at radius 2 is 1.55 bits per heavy atom. The molecule has 8 heteroatoms. The van der Waals surface area contributed by atoms with Crippen molar-refractivity contribution in [2.75, 3.05) is 31.9 Å². The highest BCUT2D eigenvalue weighted by Gasteiger charge is 2.44. The van der Waals surface area contributed by atoms with E-state index < -0.39 is 24.9 Å². The van der Waals surface area contributed by atoms with Crippen molar-refractivity contribution in [1.82, 2.24) is 9.80 Å². The van der Waals surface area contributed by atoms with Gasteiger partial charge < -0.3 is 4.90 Å². The van der Waals surface area contributed by atoms with Gasteiger partial charge >= 0.3 is 0 Å². The predicted molar refractivity (Wildman–Crippen MR) is 129 cm³/mol. The van der Waals surface area contributed by atoms with Crippen molar-refractivity contribution in [3.8, 4) is 0 Å². The van der Waals surface area contributed by atoms with Gasteiger partial charge in [-0.1, -0.05) is 36.8 Å². The largest absolute Gasteiger partial charge is 0.300 e. The van der Waals surface area contributed by atoms with Gasteiger partial charge in [0.15, 0.2) is 19.7 Å². The fourth-order valence-corrected chi connectivity index (χ4v) is 10.1. The van der Waals surface area contributed by atoms with Crippen LogP contribution in [0.5, 0.6) is 0 Å². The third-order valence-electron chi connectivity index (χ3n) is 7.49. The molecule has 0 spiro atoms. The molecule has 2 fully saturated rings. The van der Waals surface area contributed by atoms with Crippen molar-refractivity contribution in [2.45, 2.75) is 59.7 Å². The number of likely N-dealkylation sites (tertiary alicyclic amines) is 2. The summed E-state index contributed by atoms with van der Waals surface area (Å²) in [6.45, 7) is 4.90. The molecule has 3 aliphatic rings. The summed E-state index contributed by atoms with van der Waals surface area (Å²) >= 11 is 0. The lowest BCUT2D eigenvalue weighted by molar-refractivity contribution is 0.0895. The lowest BCUT2D eigenvalue weighted by atomic mass is 9.98. The third kappa shape index (κ3) is 4.50. The Bertz CT molecular complexity index is 1200. The first-order valence-corrected chi connectivity index (χ1v) is 15.2. The smallest absolute Gasteiger partial charge is 0.186 e. The molecule has 1 unspecified atom stereocenters. The first-order valence-electron chi connectivity index (χ1n) is 12.0. The van der Waals surface area contributed by atoms with Crippen LogP contribution in [-0.2, 0) is 26.2 Å². The van der Waals surface area contributed by atoms with Crippen LogP contribution in [0, 0.1) is 0 Å². The normalized spacial score (nSPS) is 24.5. The lowest BCUT2D eigenvalue weighted by Crippen LogP contribution is -2.46. The van der Waals surface area contributed by atoms with Crippen molar-refractivity contribution in [3.63, 3.8) is 0 Å². The molecule has 6 nitrogen and oxygen atoms in total. The molecular weight excluding hydrogens is 456 g/mol. The Balaban J connectivity index is 1.39. The van der Waals surface area contributed by atoms with Gasteiger partial charge in [-0.15, -0.1) is 0 Å². The SMILES string of the molecule is O=S1(=O)CC(S(=O)(=O)c2ccccc2)c2c(CN3CCC(N4CCCCC4)CC3)cccc21. The summed E-state index contributed by atoms with van der Waals surface area (Å²) in [5.74, 6) is -0.381. The van der Waals surface area contributed by atoms with Crippen LogP contribution in [0.25, 0.3) is 0 Å². The number of rotatable bonds is 5. The standard InChI is InChI=1S/C25H32N2O4S2/c28-32(29)19-24(33(30,31)22-9-3-1-4-10-22)25-20(8-7-11-23(25)32)18-26-16-12-21(13-17-26)27-14-5-2-6-15-27/h1,3-4,7-11,21,24H,2,5-6,12-19H2. The maximum absolute atomic E-state index is 13.5. The molecule has 2 aromatic carbocycles. The van der Waals surface area contributed by atoms with E-state index in [0.717, 1.165) is 31.5 Å². The maximum Gasteiger partial charge on any atom is 0.186 e. The fraction of sp³-hybridized carbons (Fsp3) is 0.520. The zero-order valence-electron chi connectivity index (χ0n) is 18.9. The second-order valence-corrected chi connectivity index (χ2v) is 13.7. The van der Waals surface area contributed by atoms with Crippen LogP contribution in [0.1, 0.15) is 48.5 Å². The molecule has 3 aliphatic heterocycles. The molecule has 5 rings (SSSR count). The monoisotopic (exact) mass is 488 g/mol. The molecule has 2 aromatic rings. The highest BCUT2D eigenvalue weighted by molar-refractivity contribution is 7.96. The van der Waals surface area contributed by atoms with Crippen LogP contribution in [0.2, 0.25) is 0 Å². The number of fused-ring (bicyclic) bond motifs is 1. The van der Waals surface area contributed by atoms with E-state index in [0.29, 0.717) is 18.2 Å². The minimum absolute atomic E-state index is 0.176. The van der Waals surface area contributed by atoms with Crippen LogP contribution >= 0.6 is 0 Å². The lowest BCUT2D eigenvalue weighted by Gasteiger charge is -2.40. The second-order valence-electron chi connectivity index (χ2n) is 9.56. The number of hydrogen-bond donors (Lipinski definition) is 0. The van der Waals surface area contributed by atoms with Gasteiger partial charge in [-0.3, -0.25) is 4.90 Å². The van der Waals surface area contributed by atoms with E-state index in [4.69, 9.17) is 0 Å². The van der Waals surface area contributed by atoms with Crippen molar-refractivity contribution in [2.24, 2.45) is 0 Å². The van der Waals surface area contributed by atoms with E-state index in [1.165, 1.54) is 32.4 Å². The first-order chi connectivity index (χ1) is 15.9. The number of piperidine rings is 2. The zero-order chi connectivity index (χ0) is 23.1. The van der Waals surface area contributed by atoms with E-state index >= 15 is 0 Å². The summed E-state index contributed by atoms with van der Waals surface area (Å²) in [7, 11) is -7.45. The number of nitrogens with zero attached hydrogens (tertiary/aromatic N) is 2. The Morgan fingerprint density at radius 1 is 0.848 bits per heavy atom. The van der Waals surface area contributed by atoms with E-state index in [-0.39, 0.29) is 15.5 Å². The van der Waals surface area contributed by atoms with Gasteiger partial charge in [-0.05, 0) is 81.2 Å². The summed E-state index contributed by atoms with van der Waals surface area (Å²) in [6.07, 6.45) is 6.15. The third-order valence-corrected chi connectivity index (χ3v) is 11.6. The van der Waals surface area contributed by atoms with Crippen molar-refractivity contribution >= 4 is 19.7 Å². The van der Waals surface area contributed by atoms with Crippen LogP contribution in [0.15, 0.2) is 58.3 Å². The van der Waals surface area contributed by atoms with Crippen LogP contribution in [0.4, 0.5) is 0 Å². The molecule has 0 aliphatic carbocycles. The van der Waals surface area contributed by atoms with Crippen LogP contribution in [-0.4, -0.2) is 64.6 Å². The van der Waals surface area contributed by atoms with Crippen molar-refractivity contribution in [1.29, 1.82) is 0 Å². The van der Waals surface area contributed by atoms with E-state index in [9.17, 15) is 16.8 Å². The fourth-order valence-electron chi connectivity index (χ4n) is 5.72. The van der Waals surface area contributed by atoms with Gasteiger partial charge in [0, 0.05) is 12.6 Å². The average Bonchev–Trinajstić information content (AvgIpc) is 3.13. The molecule has 33 heavy (non-hydrogen) atoms. The average molecular weight is 489 g/mol. The molecule has 0 aromatic heterocycles. The summed E-state index contributed by atoms with van der Waals surface area (Å²) in [4.78, 5) is 5.35. The van der Waals surface area contributed by atoms with Gasteiger partial charge in [-0.25, -0.2) is 16.8 Å². The zero-order valence-corrected chi connectivity index (χ0v) is 20.5. The van der Waals surface area contributed by atoms with Gasteiger partial charge in [-0.2, -0.15) is 0 Å². The van der Waals surface area contributed by atoms with Crippen LogP contribution < -0.4 is 0 Å². The van der Waals surface area contributed by atoms with Crippen LogP contribution in [0.3, 0.4) is 0 Å². The quantitative estimate of drug-likeness (QED) is 0.642. The summed E-state index contributed by atoms with van der Waals surface area (Å²) < 4.78 is 52.8. The molecular formula is C25H32N2O4S2. The van der Waals surface area contributed by atoms with Gasteiger partial charge in [0.05, 0.1) is 15.5 Å². The van der Waals surface area contributed by atoms with E-state index in [2.05, 4.69) is 9.80 Å². The maximum atomic E-state index is 13.5. The molecule has 3 heterocycles. The molecule has 0 saturated carbocycles. The molecule has 0 N–H and O–H groups in total. The number of sulfone groups is 2. The first kappa shape index (κ1) is 23.0. The molecule has 178 valence electrons. The number of hydrogen-bond acceptors (Lipinski definition) is 6. The predicted octanol–water partition coefficient (Wildman–Crippen LogP) is 3.44. The summed E-state index contributed by atoms with van der Waals surface area (Å²) in [5, 5.41) is -1.05. The Hall–Kier alpha value is -1.74.